The highest BCUT2D eigenvalue weighted by Gasteiger charge is 2.41. The van der Waals surface area contributed by atoms with Gasteiger partial charge in [-0.15, -0.1) is 0 Å². The number of para-hydroxylation sites is 1. The number of carbonyl (C=O) groups excluding carboxylic acids is 1. The van der Waals surface area contributed by atoms with Gasteiger partial charge in [0.15, 0.2) is 0 Å². The molecule has 1 aliphatic carbocycles. The molecule has 0 radical (unpaired) electrons. The molecule has 1 amide bonds. The third-order valence-electron chi connectivity index (χ3n) is 5.30. The van der Waals surface area contributed by atoms with Crippen LogP contribution in [0.15, 0.2) is 24.3 Å². The lowest BCUT2D eigenvalue weighted by Crippen LogP contribution is -2.42. The SMILES string of the molecule is CC1CC2CCCCC2N1C(=O)CCc1ccccc1N. The van der Waals surface area contributed by atoms with Crippen LogP contribution in [-0.2, 0) is 11.2 Å². The number of likely N-dealkylation sites (tertiary alicyclic amines) is 1. The molecule has 0 aromatic heterocycles. The van der Waals surface area contributed by atoms with Gasteiger partial charge in [0.2, 0.25) is 5.91 Å². The number of amides is 1. The van der Waals surface area contributed by atoms with Gasteiger partial charge in [0.1, 0.15) is 0 Å². The summed E-state index contributed by atoms with van der Waals surface area (Å²) in [5, 5.41) is 0. The molecule has 3 unspecified atom stereocenters. The van der Waals surface area contributed by atoms with Gasteiger partial charge in [-0.2, -0.15) is 0 Å². The zero-order valence-corrected chi connectivity index (χ0v) is 12.9. The summed E-state index contributed by atoms with van der Waals surface area (Å²) < 4.78 is 0. The molecule has 1 saturated heterocycles. The molecule has 3 heteroatoms. The molecule has 3 rings (SSSR count). The zero-order chi connectivity index (χ0) is 14.8. The molecule has 1 saturated carbocycles. The number of aryl methyl sites for hydroxylation is 1. The minimum absolute atomic E-state index is 0.320. The summed E-state index contributed by atoms with van der Waals surface area (Å²) in [7, 11) is 0. The number of hydrogen-bond donors (Lipinski definition) is 1. The van der Waals surface area contributed by atoms with Crippen molar-refractivity contribution in [1.29, 1.82) is 0 Å². The standard InChI is InChI=1S/C18H26N2O/c1-13-12-15-7-3-5-9-17(15)20(13)18(21)11-10-14-6-2-4-8-16(14)19/h2,4,6,8,13,15,17H,3,5,7,9-12,19H2,1H3. The number of carbonyl (C=O) groups is 1. The fourth-order valence-corrected chi connectivity index (χ4v) is 4.27. The van der Waals surface area contributed by atoms with E-state index in [1.54, 1.807) is 0 Å². The van der Waals surface area contributed by atoms with Crippen LogP contribution >= 0.6 is 0 Å². The van der Waals surface area contributed by atoms with Gasteiger partial charge in [0, 0.05) is 24.2 Å². The number of benzene rings is 1. The molecule has 1 aromatic rings. The highest BCUT2D eigenvalue weighted by Crippen LogP contribution is 2.39. The lowest BCUT2D eigenvalue weighted by molar-refractivity contribution is -0.134. The molecule has 3 nitrogen and oxygen atoms in total. The van der Waals surface area contributed by atoms with Crippen LogP contribution in [0.1, 0.15) is 51.0 Å². The first-order chi connectivity index (χ1) is 10.2. The minimum Gasteiger partial charge on any atom is -0.399 e. The van der Waals surface area contributed by atoms with Crippen LogP contribution in [0.3, 0.4) is 0 Å². The van der Waals surface area contributed by atoms with Crippen LogP contribution in [0, 0.1) is 5.92 Å². The Morgan fingerprint density at radius 2 is 2.05 bits per heavy atom. The summed E-state index contributed by atoms with van der Waals surface area (Å²) in [5.41, 5.74) is 7.87. The van der Waals surface area contributed by atoms with E-state index in [4.69, 9.17) is 5.73 Å². The first kappa shape index (κ1) is 14.4. The Balaban J connectivity index is 1.63. The van der Waals surface area contributed by atoms with E-state index < -0.39 is 0 Å². The number of nitrogens with zero attached hydrogens (tertiary/aromatic N) is 1. The molecule has 1 aromatic carbocycles. The summed E-state index contributed by atoms with van der Waals surface area (Å²) in [5.74, 6) is 1.07. The Morgan fingerprint density at radius 3 is 2.86 bits per heavy atom. The van der Waals surface area contributed by atoms with Crippen LogP contribution in [0.4, 0.5) is 5.69 Å². The molecule has 2 fully saturated rings. The molecule has 3 atom stereocenters. The van der Waals surface area contributed by atoms with Gasteiger partial charge >= 0.3 is 0 Å². The lowest BCUT2D eigenvalue weighted by atomic mass is 9.85. The Hall–Kier alpha value is -1.51. The molecule has 0 bridgehead atoms. The van der Waals surface area contributed by atoms with Gasteiger partial charge in [-0.3, -0.25) is 4.79 Å². The Kier molecular flexibility index (Phi) is 4.18. The van der Waals surface area contributed by atoms with Gasteiger partial charge in [-0.05, 0) is 50.2 Å². The molecule has 0 spiro atoms. The van der Waals surface area contributed by atoms with E-state index in [1.807, 2.05) is 24.3 Å². The second kappa shape index (κ2) is 6.08. The predicted molar refractivity (Wildman–Crippen MR) is 85.8 cm³/mol. The number of rotatable bonds is 3. The monoisotopic (exact) mass is 286 g/mol. The van der Waals surface area contributed by atoms with Crippen molar-refractivity contribution in [1.82, 2.24) is 4.90 Å². The van der Waals surface area contributed by atoms with Crippen molar-refractivity contribution < 1.29 is 4.79 Å². The van der Waals surface area contributed by atoms with E-state index in [0.29, 0.717) is 24.4 Å². The summed E-state index contributed by atoms with van der Waals surface area (Å²) in [6, 6.07) is 8.80. The first-order valence-electron chi connectivity index (χ1n) is 8.31. The van der Waals surface area contributed by atoms with Crippen LogP contribution in [0.5, 0.6) is 0 Å². The van der Waals surface area contributed by atoms with Crippen molar-refractivity contribution in [3.63, 3.8) is 0 Å². The van der Waals surface area contributed by atoms with Crippen molar-refractivity contribution in [3.05, 3.63) is 29.8 Å². The van der Waals surface area contributed by atoms with Crippen LogP contribution in [0.2, 0.25) is 0 Å². The van der Waals surface area contributed by atoms with E-state index in [0.717, 1.165) is 23.6 Å². The van der Waals surface area contributed by atoms with Crippen molar-refractivity contribution in [2.24, 2.45) is 5.92 Å². The van der Waals surface area contributed by atoms with E-state index in [1.165, 1.54) is 32.1 Å². The quantitative estimate of drug-likeness (QED) is 0.866. The molecular formula is C18H26N2O. The number of anilines is 1. The largest absolute Gasteiger partial charge is 0.399 e. The van der Waals surface area contributed by atoms with Crippen molar-refractivity contribution in [3.8, 4) is 0 Å². The van der Waals surface area contributed by atoms with Crippen molar-refractivity contribution >= 4 is 11.6 Å². The van der Waals surface area contributed by atoms with Crippen molar-refractivity contribution in [2.45, 2.75) is 64.0 Å². The lowest BCUT2D eigenvalue weighted by Gasteiger charge is -2.33. The average molecular weight is 286 g/mol. The number of nitrogen functional groups attached to an aromatic ring is 1. The molecule has 21 heavy (non-hydrogen) atoms. The van der Waals surface area contributed by atoms with Gasteiger partial charge in [0.25, 0.3) is 0 Å². The highest BCUT2D eigenvalue weighted by atomic mass is 16.2. The second-order valence-electron chi connectivity index (χ2n) is 6.70. The maximum Gasteiger partial charge on any atom is 0.223 e. The van der Waals surface area contributed by atoms with E-state index >= 15 is 0 Å². The topological polar surface area (TPSA) is 46.3 Å². The van der Waals surface area contributed by atoms with E-state index in [9.17, 15) is 4.79 Å². The molecular weight excluding hydrogens is 260 g/mol. The number of nitrogens with two attached hydrogens (primary N) is 1. The second-order valence-corrected chi connectivity index (χ2v) is 6.70. The van der Waals surface area contributed by atoms with Gasteiger partial charge in [-0.1, -0.05) is 31.0 Å². The smallest absolute Gasteiger partial charge is 0.223 e. The van der Waals surface area contributed by atoms with Gasteiger partial charge in [-0.25, -0.2) is 0 Å². The van der Waals surface area contributed by atoms with Crippen LogP contribution < -0.4 is 5.73 Å². The normalized spacial score (nSPS) is 28.4. The van der Waals surface area contributed by atoms with Gasteiger partial charge < -0.3 is 10.6 Å². The molecule has 1 aliphatic heterocycles. The zero-order valence-electron chi connectivity index (χ0n) is 12.9. The summed E-state index contributed by atoms with van der Waals surface area (Å²) in [6.45, 7) is 2.22. The highest BCUT2D eigenvalue weighted by molar-refractivity contribution is 5.77. The number of fused-ring (bicyclic) bond motifs is 1. The Labute approximate surface area is 127 Å². The summed E-state index contributed by atoms with van der Waals surface area (Å²) in [6.07, 6.45) is 7.68. The Morgan fingerprint density at radius 1 is 1.29 bits per heavy atom. The third-order valence-corrected chi connectivity index (χ3v) is 5.30. The van der Waals surface area contributed by atoms with Crippen LogP contribution in [0.25, 0.3) is 0 Å². The third kappa shape index (κ3) is 2.92. The number of hydrogen-bond acceptors (Lipinski definition) is 2. The van der Waals surface area contributed by atoms with Gasteiger partial charge in [0.05, 0.1) is 0 Å². The van der Waals surface area contributed by atoms with Crippen molar-refractivity contribution in [2.75, 3.05) is 5.73 Å². The molecule has 2 aliphatic rings. The molecule has 1 heterocycles. The van der Waals surface area contributed by atoms with Crippen LogP contribution in [-0.4, -0.2) is 22.9 Å². The molecule has 114 valence electrons. The molecule has 2 N–H and O–H groups in total. The summed E-state index contributed by atoms with van der Waals surface area (Å²) >= 11 is 0. The minimum atomic E-state index is 0.320. The fourth-order valence-electron chi connectivity index (χ4n) is 4.27. The maximum atomic E-state index is 12.7. The first-order valence-corrected chi connectivity index (χ1v) is 8.31. The Bertz CT molecular complexity index is 514. The summed E-state index contributed by atoms with van der Waals surface area (Å²) in [4.78, 5) is 14.9. The fraction of sp³-hybridized carbons (Fsp3) is 0.611. The predicted octanol–water partition coefficient (Wildman–Crippen LogP) is 3.38. The maximum absolute atomic E-state index is 12.7. The van der Waals surface area contributed by atoms with E-state index in [2.05, 4.69) is 11.8 Å². The van der Waals surface area contributed by atoms with E-state index in [-0.39, 0.29) is 0 Å². The average Bonchev–Trinajstić information content (AvgIpc) is 2.82.